The van der Waals surface area contributed by atoms with E-state index < -0.39 is 0 Å². The number of carbonyl (C=O) groups is 1. The Morgan fingerprint density at radius 2 is 1.90 bits per heavy atom. The highest BCUT2D eigenvalue weighted by atomic mass is 32.1. The third-order valence-corrected chi connectivity index (χ3v) is 6.40. The maximum atomic E-state index is 13.4. The minimum absolute atomic E-state index is 0.0444. The van der Waals surface area contributed by atoms with E-state index in [-0.39, 0.29) is 19.1 Å². The Kier molecular flexibility index (Phi) is 5.03. The fraction of sp³-hybridized carbons (Fsp3) is 0.208. The van der Waals surface area contributed by atoms with Crippen molar-refractivity contribution in [2.75, 3.05) is 11.7 Å². The third kappa shape index (κ3) is 3.96. The number of fused-ring (bicyclic) bond motifs is 2. The van der Waals surface area contributed by atoms with Crippen LogP contribution in [0.15, 0.2) is 54.7 Å². The Balaban J connectivity index is 1.48. The molecule has 1 aliphatic rings. The van der Waals surface area contributed by atoms with Gasteiger partial charge in [0, 0.05) is 6.20 Å². The molecule has 0 bridgehead atoms. The van der Waals surface area contributed by atoms with Crippen LogP contribution < -0.4 is 14.4 Å². The summed E-state index contributed by atoms with van der Waals surface area (Å²) in [5, 5.41) is 0.677. The summed E-state index contributed by atoms with van der Waals surface area (Å²) in [4.78, 5) is 24.3. The normalized spacial score (nSPS) is 12.3. The van der Waals surface area contributed by atoms with Gasteiger partial charge in [-0.05, 0) is 66.9 Å². The van der Waals surface area contributed by atoms with E-state index >= 15 is 0 Å². The van der Waals surface area contributed by atoms with Crippen LogP contribution in [0.3, 0.4) is 0 Å². The van der Waals surface area contributed by atoms with E-state index in [0.29, 0.717) is 23.2 Å². The van der Waals surface area contributed by atoms with Crippen molar-refractivity contribution in [3.63, 3.8) is 0 Å². The molecule has 0 unspecified atom stereocenters. The van der Waals surface area contributed by atoms with E-state index in [2.05, 4.69) is 31.0 Å². The second-order valence-electron chi connectivity index (χ2n) is 7.57. The van der Waals surface area contributed by atoms with Gasteiger partial charge in [-0.2, -0.15) is 0 Å². The summed E-state index contributed by atoms with van der Waals surface area (Å²) >= 11 is 1.53. The predicted molar refractivity (Wildman–Crippen MR) is 121 cm³/mol. The Bertz CT molecular complexity index is 1230. The molecule has 5 rings (SSSR count). The van der Waals surface area contributed by atoms with Crippen molar-refractivity contribution in [3.05, 3.63) is 77.1 Å². The number of benzene rings is 2. The molecule has 0 aliphatic carbocycles. The number of hydrogen-bond donors (Lipinski definition) is 0. The van der Waals surface area contributed by atoms with Crippen molar-refractivity contribution in [1.29, 1.82) is 0 Å². The van der Waals surface area contributed by atoms with Crippen molar-refractivity contribution >= 4 is 32.6 Å². The molecule has 6 nitrogen and oxygen atoms in total. The van der Waals surface area contributed by atoms with Gasteiger partial charge in [-0.15, -0.1) is 0 Å². The molecule has 2 aromatic heterocycles. The molecule has 1 amide bonds. The first-order valence-corrected chi connectivity index (χ1v) is 10.8. The van der Waals surface area contributed by atoms with Gasteiger partial charge in [-0.3, -0.25) is 14.7 Å². The van der Waals surface area contributed by atoms with Crippen LogP contribution in [0.2, 0.25) is 0 Å². The fourth-order valence-electron chi connectivity index (χ4n) is 3.52. The SMILES string of the molecule is Cc1cc2nc(N(Cc3ccccn3)C(=O)Cc3ccc4c(c3)OCO4)sc2cc1C. The topological polar surface area (TPSA) is 64.6 Å². The molecule has 0 N–H and O–H groups in total. The average Bonchev–Trinajstić information content (AvgIpc) is 3.39. The highest BCUT2D eigenvalue weighted by Crippen LogP contribution is 2.34. The van der Waals surface area contributed by atoms with Crippen molar-refractivity contribution in [3.8, 4) is 11.5 Å². The van der Waals surface area contributed by atoms with Gasteiger partial charge >= 0.3 is 0 Å². The zero-order valence-electron chi connectivity index (χ0n) is 17.3. The Hall–Kier alpha value is -3.45. The molecule has 0 fully saturated rings. The predicted octanol–water partition coefficient (Wildman–Crippen LogP) is 4.81. The molecule has 4 aromatic rings. The molecule has 3 heterocycles. The number of anilines is 1. The molecule has 0 atom stereocenters. The van der Waals surface area contributed by atoms with Gasteiger partial charge in [-0.1, -0.05) is 23.5 Å². The maximum Gasteiger partial charge on any atom is 0.233 e. The van der Waals surface area contributed by atoms with Gasteiger partial charge < -0.3 is 9.47 Å². The first-order chi connectivity index (χ1) is 15.1. The van der Waals surface area contributed by atoms with E-state index in [1.807, 2.05) is 36.4 Å². The molecular formula is C24H21N3O3S. The molecule has 0 spiro atoms. The lowest BCUT2D eigenvalue weighted by Gasteiger charge is -2.19. The number of aryl methyl sites for hydroxylation is 2. The number of rotatable bonds is 5. The molecule has 0 radical (unpaired) electrons. The van der Waals surface area contributed by atoms with Crippen LogP contribution in [-0.4, -0.2) is 22.7 Å². The van der Waals surface area contributed by atoms with Gasteiger partial charge in [0.05, 0.1) is 28.9 Å². The number of hydrogen-bond acceptors (Lipinski definition) is 6. The van der Waals surface area contributed by atoms with Gasteiger partial charge in [0.15, 0.2) is 16.6 Å². The molecule has 2 aromatic carbocycles. The van der Waals surface area contributed by atoms with Crippen LogP contribution in [0.5, 0.6) is 11.5 Å². The fourth-order valence-corrected chi connectivity index (χ4v) is 4.58. The molecule has 31 heavy (non-hydrogen) atoms. The second-order valence-corrected chi connectivity index (χ2v) is 8.58. The summed E-state index contributed by atoms with van der Waals surface area (Å²) in [6.45, 7) is 4.74. The van der Waals surface area contributed by atoms with Crippen LogP contribution in [-0.2, 0) is 17.8 Å². The van der Waals surface area contributed by atoms with Crippen LogP contribution in [0.25, 0.3) is 10.2 Å². The number of amides is 1. The standard InChI is InChI=1S/C24H21N3O3S/c1-15-9-19-22(10-16(15)2)31-24(26-19)27(13-18-5-3-4-8-25-18)23(28)12-17-6-7-20-21(11-17)30-14-29-20/h3-11H,12-14H2,1-2H3. The largest absolute Gasteiger partial charge is 0.454 e. The Morgan fingerprint density at radius 1 is 1.06 bits per heavy atom. The van der Waals surface area contributed by atoms with E-state index in [0.717, 1.165) is 21.5 Å². The minimum atomic E-state index is -0.0444. The zero-order valence-corrected chi connectivity index (χ0v) is 18.1. The number of ether oxygens (including phenoxy) is 2. The second kappa shape index (κ2) is 8.00. The van der Waals surface area contributed by atoms with Crippen LogP contribution in [0, 0.1) is 13.8 Å². The number of nitrogens with zero attached hydrogens (tertiary/aromatic N) is 3. The molecule has 0 saturated carbocycles. The average molecular weight is 432 g/mol. The van der Waals surface area contributed by atoms with E-state index in [1.165, 1.54) is 22.5 Å². The first-order valence-electron chi connectivity index (χ1n) is 10.0. The Labute approximate surface area is 184 Å². The van der Waals surface area contributed by atoms with Crippen LogP contribution in [0.4, 0.5) is 5.13 Å². The number of aromatic nitrogens is 2. The van der Waals surface area contributed by atoms with Gasteiger partial charge in [-0.25, -0.2) is 4.98 Å². The summed E-state index contributed by atoms with van der Waals surface area (Å²) in [5.74, 6) is 1.34. The third-order valence-electron chi connectivity index (χ3n) is 5.36. The molecule has 156 valence electrons. The van der Waals surface area contributed by atoms with Crippen molar-refractivity contribution in [2.24, 2.45) is 0 Å². The maximum absolute atomic E-state index is 13.4. The monoisotopic (exact) mass is 431 g/mol. The Morgan fingerprint density at radius 3 is 2.74 bits per heavy atom. The number of thiazole rings is 1. The highest BCUT2D eigenvalue weighted by molar-refractivity contribution is 7.22. The van der Waals surface area contributed by atoms with Crippen LogP contribution in [0.1, 0.15) is 22.4 Å². The summed E-state index contributed by atoms with van der Waals surface area (Å²) in [5.41, 5.74) is 4.99. The number of pyridine rings is 1. The molecule has 7 heteroatoms. The first kappa shape index (κ1) is 19.5. The molecule has 1 aliphatic heterocycles. The van der Waals surface area contributed by atoms with E-state index in [9.17, 15) is 4.79 Å². The van der Waals surface area contributed by atoms with Gasteiger partial charge in [0.2, 0.25) is 12.7 Å². The lowest BCUT2D eigenvalue weighted by molar-refractivity contribution is -0.118. The smallest absolute Gasteiger partial charge is 0.233 e. The summed E-state index contributed by atoms with van der Waals surface area (Å²) in [6.07, 6.45) is 1.97. The van der Waals surface area contributed by atoms with Crippen molar-refractivity contribution < 1.29 is 14.3 Å². The van der Waals surface area contributed by atoms with Crippen molar-refractivity contribution in [1.82, 2.24) is 9.97 Å². The summed E-state index contributed by atoms with van der Waals surface area (Å²) in [7, 11) is 0. The van der Waals surface area contributed by atoms with E-state index in [4.69, 9.17) is 14.5 Å². The molecule has 0 saturated heterocycles. The quantitative estimate of drug-likeness (QED) is 0.454. The highest BCUT2D eigenvalue weighted by Gasteiger charge is 2.22. The lowest BCUT2D eigenvalue weighted by atomic mass is 10.1. The van der Waals surface area contributed by atoms with Gasteiger partial charge in [0.1, 0.15) is 0 Å². The summed E-state index contributed by atoms with van der Waals surface area (Å²) in [6, 6.07) is 15.5. The van der Waals surface area contributed by atoms with Crippen LogP contribution >= 0.6 is 11.3 Å². The molecular weight excluding hydrogens is 410 g/mol. The number of carbonyl (C=O) groups excluding carboxylic acids is 1. The van der Waals surface area contributed by atoms with Gasteiger partial charge in [0.25, 0.3) is 0 Å². The zero-order chi connectivity index (χ0) is 21.4. The van der Waals surface area contributed by atoms with E-state index in [1.54, 1.807) is 11.1 Å². The van der Waals surface area contributed by atoms with Crippen molar-refractivity contribution in [2.45, 2.75) is 26.8 Å². The summed E-state index contributed by atoms with van der Waals surface area (Å²) < 4.78 is 11.9. The minimum Gasteiger partial charge on any atom is -0.454 e. The lowest BCUT2D eigenvalue weighted by Crippen LogP contribution is -2.32.